The number of unbranched alkanes of at least 4 members (excludes halogenated alkanes) is 39. The number of rotatable bonds is 46. The highest BCUT2D eigenvalue weighted by Gasteiger charge is 2.18. The van der Waals surface area contributed by atoms with Crippen LogP contribution in [0.3, 0.4) is 0 Å². The van der Waals surface area contributed by atoms with E-state index in [1.807, 2.05) is 6.08 Å². The molecule has 1 amide bonds. The van der Waals surface area contributed by atoms with Gasteiger partial charge in [-0.3, -0.25) is 4.79 Å². The van der Waals surface area contributed by atoms with Gasteiger partial charge in [0.15, 0.2) is 0 Å². The molecule has 2 unspecified atom stereocenters. The Morgan fingerprint density at radius 3 is 0.963 bits per heavy atom. The van der Waals surface area contributed by atoms with E-state index in [1.165, 1.54) is 238 Å². The Morgan fingerprint density at radius 1 is 0.426 bits per heavy atom. The number of aliphatic hydroxyl groups is 2. The SMILES string of the molecule is CCCCCCCCCCCCCCCCCCCCC/C=C/C(O)C(CO)NC(=O)CCCCCCCCCCCCCCCCCCCCCCC. The molecule has 0 bridgehead atoms. The highest BCUT2D eigenvalue weighted by atomic mass is 16.3. The van der Waals surface area contributed by atoms with E-state index in [4.69, 9.17) is 0 Å². The minimum Gasteiger partial charge on any atom is -0.394 e. The van der Waals surface area contributed by atoms with Crippen LogP contribution in [0.15, 0.2) is 12.2 Å². The van der Waals surface area contributed by atoms with E-state index < -0.39 is 12.1 Å². The molecule has 0 saturated carbocycles. The van der Waals surface area contributed by atoms with E-state index >= 15 is 0 Å². The molecule has 0 aliphatic heterocycles. The number of carbonyl (C=O) groups excluding carboxylic acids is 1. The Balaban J connectivity index is 3.49. The zero-order chi connectivity index (χ0) is 39.3. The van der Waals surface area contributed by atoms with Gasteiger partial charge in [-0.25, -0.2) is 0 Å². The highest BCUT2D eigenvalue weighted by Crippen LogP contribution is 2.17. The van der Waals surface area contributed by atoms with Crippen LogP contribution in [0.4, 0.5) is 0 Å². The average molecular weight is 762 g/mol. The van der Waals surface area contributed by atoms with Crippen LogP contribution in [-0.4, -0.2) is 34.9 Å². The fourth-order valence-electron chi connectivity index (χ4n) is 7.95. The van der Waals surface area contributed by atoms with Gasteiger partial charge in [0.2, 0.25) is 5.91 Å². The van der Waals surface area contributed by atoms with Crippen LogP contribution in [-0.2, 0) is 4.79 Å². The summed E-state index contributed by atoms with van der Waals surface area (Å²) in [5.74, 6) is -0.0573. The lowest BCUT2D eigenvalue weighted by atomic mass is 10.0. The predicted octanol–water partition coefficient (Wildman–Crippen LogP) is 15.8. The van der Waals surface area contributed by atoms with Crippen LogP contribution in [0.2, 0.25) is 0 Å². The molecule has 0 spiro atoms. The predicted molar refractivity (Wildman–Crippen MR) is 239 cm³/mol. The van der Waals surface area contributed by atoms with Crippen LogP contribution in [0.25, 0.3) is 0 Å². The Labute approximate surface area is 339 Å². The van der Waals surface area contributed by atoms with Gasteiger partial charge in [-0.15, -0.1) is 0 Å². The zero-order valence-electron chi connectivity index (χ0n) is 37.0. The van der Waals surface area contributed by atoms with Crippen LogP contribution in [0.5, 0.6) is 0 Å². The minimum atomic E-state index is -0.834. The highest BCUT2D eigenvalue weighted by molar-refractivity contribution is 5.76. The maximum absolute atomic E-state index is 12.4. The van der Waals surface area contributed by atoms with Crippen molar-refractivity contribution >= 4 is 5.91 Å². The van der Waals surface area contributed by atoms with Crippen molar-refractivity contribution in [1.29, 1.82) is 0 Å². The summed E-state index contributed by atoms with van der Waals surface area (Å²) in [6, 6.07) is -0.617. The Kier molecular flexibility index (Phi) is 45.8. The Bertz CT molecular complexity index is 739. The molecular formula is C50H99NO3. The van der Waals surface area contributed by atoms with Gasteiger partial charge < -0.3 is 15.5 Å². The van der Waals surface area contributed by atoms with Crippen molar-refractivity contribution < 1.29 is 15.0 Å². The third-order valence-corrected chi connectivity index (χ3v) is 11.8. The summed E-state index contributed by atoms with van der Waals surface area (Å²) in [6.07, 6.45) is 59.1. The molecule has 4 heteroatoms. The lowest BCUT2D eigenvalue weighted by Crippen LogP contribution is -2.45. The first kappa shape index (κ1) is 53.1. The average Bonchev–Trinajstić information content (AvgIpc) is 3.18. The molecule has 0 aliphatic carbocycles. The van der Waals surface area contributed by atoms with Crippen molar-refractivity contribution in [3.63, 3.8) is 0 Å². The number of nitrogens with one attached hydrogen (secondary N) is 1. The molecule has 0 fully saturated rings. The first-order chi connectivity index (χ1) is 26.7. The molecule has 0 aliphatic rings. The number of hydrogen-bond acceptors (Lipinski definition) is 3. The van der Waals surface area contributed by atoms with Gasteiger partial charge in [0.25, 0.3) is 0 Å². The van der Waals surface area contributed by atoms with E-state index in [2.05, 4.69) is 19.2 Å². The summed E-state index contributed by atoms with van der Waals surface area (Å²) >= 11 is 0. The number of hydrogen-bond donors (Lipinski definition) is 3. The van der Waals surface area contributed by atoms with E-state index in [1.54, 1.807) is 6.08 Å². The maximum Gasteiger partial charge on any atom is 0.220 e. The normalized spacial score (nSPS) is 12.9. The second kappa shape index (κ2) is 46.5. The molecule has 0 aromatic rings. The van der Waals surface area contributed by atoms with E-state index in [9.17, 15) is 15.0 Å². The molecule has 0 aromatic heterocycles. The molecule has 4 nitrogen and oxygen atoms in total. The summed E-state index contributed by atoms with van der Waals surface area (Å²) in [6.45, 7) is 4.34. The molecule has 2 atom stereocenters. The van der Waals surface area contributed by atoms with Crippen LogP contribution in [0.1, 0.15) is 284 Å². The monoisotopic (exact) mass is 762 g/mol. The molecule has 0 saturated heterocycles. The van der Waals surface area contributed by atoms with Gasteiger partial charge in [0.1, 0.15) is 0 Å². The number of carbonyl (C=O) groups is 1. The van der Waals surface area contributed by atoms with E-state index in [0.29, 0.717) is 6.42 Å². The summed E-state index contributed by atoms with van der Waals surface area (Å²) < 4.78 is 0. The van der Waals surface area contributed by atoms with Gasteiger partial charge in [-0.2, -0.15) is 0 Å². The molecule has 0 rings (SSSR count). The lowest BCUT2D eigenvalue weighted by molar-refractivity contribution is -0.123. The topological polar surface area (TPSA) is 69.6 Å². The fourth-order valence-corrected chi connectivity index (χ4v) is 7.95. The number of amides is 1. The minimum absolute atomic E-state index is 0.0573. The smallest absolute Gasteiger partial charge is 0.220 e. The zero-order valence-corrected chi connectivity index (χ0v) is 37.0. The molecule has 54 heavy (non-hydrogen) atoms. The summed E-state index contributed by atoms with van der Waals surface area (Å²) in [5, 5.41) is 23.1. The van der Waals surface area contributed by atoms with Crippen molar-refractivity contribution in [2.24, 2.45) is 0 Å². The molecule has 0 heterocycles. The summed E-state index contributed by atoms with van der Waals surface area (Å²) in [4.78, 5) is 12.4. The van der Waals surface area contributed by atoms with Crippen LogP contribution < -0.4 is 5.32 Å². The first-order valence-electron chi connectivity index (χ1n) is 24.9. The van der Waals surface area contributed by atoms with Gasteiger partial charge in [-0.05, 0) is 19.3 Å². The van der Waals surface area contributed by atoms with Crippen LogP contribution >= 0.6 is 0 Å². The lowest BCUT2D eigenvalue weighted by Gasteiger charge is -2.20. The Hall–Kier alpha value is -0.870. The standard InChI is InChI=1S/C50H99NO3/c1-3-5-7-9-11-13-15-17-19-21-23-25-27-29-31-33-35-37-39-41-43-45-49(53)48(47-52)51-50(54)46-44-42-40-38-36-34-32-30-28-26-24-22-20-18-16-14-12-10-8-6-4-2/h43,45,48-49,52-53H,3-42,44,46-47H2,1-2H3,(H,51,54)/b45-43+. The summed E-state index contributed by atoms with van der Waals surface area (Å²) in [7, 11) is 0. The third-order valence-electron chi connectivity index (χ3n) is 11.8. The maximum atomic E-state index is 12.4. The van der Waals surface area contributed by atoms with Crippen molar-refractivity contribution in [2.45, 2.75) is 296 Å². The molecular weight excluding hydrogens is 663 g/mol. The van der Waals surface area contributed by atoms with Gasteiger partial charge in [0.05, 0.1) is 18.8 Å². The van der Waals surface area contributed by atoms with Crippen molar-refractivity contribution in [3.8, 4) is 0 Å². The molecule has 0 aromatic carbocycles. The third kappa shape index (κ3) is 42.3. The first-order valence-corrected chi connectivity index (χ1v) is 24.9. The molecule has 0 radical (unpaired) electrons. The largest absolute Gasteiger partial charge is 0.394 e. The number of allylic oxidation sites excluding steroid dienone is 1. The van der Waals surface area contributed by atoms with Gasteiger partial charge in [-0.1, -0.05) is 270 Å². The van der Waals surface area contributed by atoms with Gasteiger partial charge in [0, 0.05) is 6.42 Å². The second-order valence-electron chi connectivity index (χ2n) is 17.2. The second-order valence-corrected chi connectivity index (χ2v) is 17.2. The van der Waals surface area contributed by atoms with Crippen molar-refractivity contribution in [1.82, 2.24) is 5.32 Å². The van der Waals surface area contributed by atoms with E-state index in [0.717, 1.165) is 25.7 Å². The Morgan fingerprint density at radius 2 is 0.685 bits per heavy atom. The van der Waals surface area contributed by atoms with Crippen molar-refractivity contribution in [2.75, 3.05) is 6.61 Å². The van der Waals surface area contributed by atoms with E-state index in [-0.39, 0.29) is 12.5 Å². The molecule has 322 valence electrons. The molecule has 3 N–H and O–H groups in total. The van der Waals surface area contributed by atoms with Gasteiger partial charge >= 0.3 is 0 Å². The van der Waals surface area contributed by atoms with Crippen LogP contribution in [0, 0.1) is 0 Å². The summed E-state index contributed by atoms with van der Waals surface area (Å²) in [5.41, 5.74) is 0. The fraction of sp³-hybridized carbons (Fsp3) is 0.940. The van der Waals surface area contributed by atoms with Crippen molar-refractivity contribution in [3.05, 3.63) is 12.2 Å². The number of aliphatic hydroxyl groups excluding tert-OH is 2. The quantitative estimate of drug-likeness (QED) is 0.0427.